The summed E-state index contributed by atoms with van der Waals surface area (Å²) in [4.78, 5) is 0. The van der Waals surface area contributed by atoms with E-state index in [0.717, 1.165) is 12.0 Å². The summed E-state index contributed by atoms with van der Waals surface area (Å²) < 4.78 is 2.84. The molecule has 0 N–H and O–H groups in total. The minimum atomic E-state index is 0.847. The van der Waals surface area contributed by atoms with E-state index in [-0.39, 0.29) is 0 Å². The van der Waals surface area contributed by atoms with E-state index in [2.05, 4.69) is 41.5 Å². The molecule has 0 aromatic rings. The lowest BCUT2D eigenvalue weighted by Gasteiger charge is -2.57. The Hall–Kier alpha value is -0.0800. The Labute approximate surface area is 134 Å². The Balaban J connectivity index is 0.000000240. The van der Waals surface area contributed by atoms with Gasteiger partial charge in [-0.1, -0.05) is 46.5 Å². The third kappa shape index (κ3) is 5.25. The molecule has 0 unspecified atom stereocenters. The van der Waals surface area contributed by atoms with E-state index < -0.39 is 0 Å². The first kappa shape index (κ1) is 19.0. The molecule has 3 fully saturated rings. The highest BCUT2D eigenvalue weighted by Gasteiger charge is 2.49. The summed E-state index contributed by atoms with van der Waals surface area (Å²) in [5.41, 5.74) is 0. The SMILES string of the molecule is CCCCCC(C)C.CC[N+]12CC[N+](C(C)C)(CC1)CC2. The van der Waals surface area contributed by atoms with Gasteiger partial charge < -0.3 is 8.97 Å². The van der Waals surface area contributed by atoms with Gasteiger partial charge in [-0.2, -0.15) is 0 Å². The number of hydrogen-bond donors (Lipinski definition) is 0. The molecule has 3 aliphatic heterocycles. The third-order valence-corrected chi connectivity index (χ3v) is 6.21. The molecule has 126 valence electrons. The van der Waals surface area contributed by atoms with Crippen molar-refractivity contribution in [3.05, 3.63) is 0 Å². The molecule has 21 heavy (non-hydrogen) atoms. The first-order chi connectivity index (χ1) is 9.90. The van der Waals surface area contributed by atoms with Crippen LogP contribution in [-0.2, 0) is 0 Å². The topological polar surface area (TPSA) is 0 Å². The second-order valence-electron chi connectivity index (χ2n) is 8.20. The standard InChI is InChI=1S/C11H24N2.C8H18/c1-4-12-5-8-13(9-6-12,10-7-12)11(2)3;1-4-5-6-7-8(2)3/h11H,4-10H2,1-3H3;8H,4-7H2,1-3H3/q+2;. The van der Waals surface area contributed by atoms with Crippen LogP contribution in [0.3, 0.4) is 0 Å². The fraction of sp³-hybridized carbons (Fsp3) is 1.00. The first-order valence-corrected chi connectivity index (χ1v) is 9.60. The van der Waals surface area contributed by atoms with Gasteiger partial charge >= 0.3 is 0 Å². The summed E-state index contributed by atoms with van der Waals surface area (Å²) in [6.07, 6.45) is 5.60. The highest BCUT2D eigenvalue weighted by Crippen LogP contribution is 2.28. The lowest BCUT2D eigenvalue weighted by Crippen LogP contribution is -2.76. The zero-order valence-electron chi connectivity index (χ0n) is 15.8. The van der Waals surface area contributed by atoms with Crippen molar-refractivity contribution in [2.45, 2.75) is 73.3 Å². The van der Waals surface area contributed by atoms with Crippen LogP contribution in [0.15, 0.2) is 0 Å². The molecule has 2 nitrogen and oxygen atoms in total. The van der Waals surface area contributed by atoms with Gasteiger partial charge in [0, 0.05) is 0 Å². The number of nitrogens with zero attached hydrogens (tertiary/aromatic N) is 2. The van der Waals surface area contributed by atoms with Gasteiger partial charge in [-0.3, -0.25) is 0 Å². The van der Waals surface area contributed by atoms with Crippen LogP contribution in [0.4, 0.5) is 0 Å². The zero-order chi connectivity index (χ0) is 15.9. The predicted molar refractivity (Wildman–Crippen MR) is 94.4 cm³/mol. The van der Waals surface area contributed by atoms with E-state index in [9.17, 15) is 0 Å². The molecular weight excluding hydrogens is 256 g/mol. The van der Waals surface area contributed by atoms with Crippen molar-refractivity contribution < 1.29 is 8.97 Å². The van der Waals surface area contributed by atoms with Crippen LogP contribution < -0.4 is 0 Å². The van der Waals surface area contributed by atoms with Crippen LogP contribution in [0.25, 0.3) is 0 Å². The average Bonchev–Trinajstić information content (AvgIpc) is 2.49. The van der Waals surface area contributed by atoms with Gasteiger partial charge in [0.05, 0.1) is 12.6 Å². The Morgan fingerprint density at radius 1 is 0.762 bits per heavy atom. The molecular formula is C19H42N2+2. The summed E-state index contributed by atoms with van der Waals surface area (Å²) in [5.74, 6) is 0.904. The van der Waals surface area contributed by atoms with Crippen molar-refractivity contribution in [3.8, 4) is 0 Å². The molecule has 3 saturated heterocycles. The molecule has 3 heterocycles. The van der Waals surface area contributed by atoms with Gasteiger partial charge in [-0.05, 0) is 26.7 Å². The molecule has 0 amide bonds. The number of hydrogen-bond acceptors (Lipinski definition) is 0. The highest BCUT2D eigenvalue weighted by molar-refractivity contribution is 4.63. The van der Waals surface area contributed by atoms with Crippen molar-refractivity contribution in [3.63, 3.8) is 0 Å². The van der Waals surface area contributed by atoms with Gasteiger partial charge in [0.2, 0.25) is 0 Å². The largest absolute Gasteiger partial charge is 0.310 e. The molecule has 2 bridgehead atoms. The van der Waals surface area contributed by atoms with Crippen LogP contribution >= 0.6 is 0 Å². The Morgan fingerprint density at radius 2 is 1.29 bits per heavy atom. The van der Waals surface area contributed by atoms with Gasteiger partial charge in [0.25, 0.3) is 0 Å². The Morgan fingerprint density at radius 3 is 1.62 bits per heavy atom. The number of fused-ring (bicyclic) bond motifs is 3. The van der Waals surface area contributed by atoms with Crippen LogP contribution in [0.2, 0.25) is 0 Å². The Bertz CT molecular complexity index is 259. The second kappa shape index (κ2) is 8.53. The Kier molecular flexibility index (Phi) is 7.70. The number of unbranched alkanes of at least 4 members (excludes halogenated alkanes) is 2. The van der Waals surface area contributed by atoms with Crippen LogP contribution in [-0.4, -0.2) is 60.8 Å². The third-order valence-electron chi connectivity index (χ3n) is 6.21. The minimum Gasteiger partial charge on any atom is -0.310 e. The van der Waals surface area contributed by atoms with Crippen molar-refractivity contribution in [2.24, 2.45) is 5.92 Å². The molecule has 0 aromatic carbocycles. The summed E-state index contributed by atoms with van der Waals surface area (Å²) in [5, 5.41) is 0. The molecule has 3 rings (SSSR count). The minimum absolute atomic E-state index is 0.847. The van der Waals surface area contributed by atoms with Crippen LogP contribution in [0.5, 0.6) is 0 Å². The zero-order valence-corrected chi connectivity index (χ0v) is 15.8. The quantitative estimate of drug-likeness (QED) is 0.507. The van der Waals surface area contributed by atoms with Gasteiger partial charge in [0.1, 0.15) is 39.3 Å². The summed E-state index contributed by atoms with van der Waals surface area (Å²) >= 11 is 0. The number of likely N-dealkylation sites (N-methyl/N-ethyl adjacent to an activating group) is 1. The van der Waals surface area contributed by atoms with Crippen molar-refractivity contribution in [1.29, 1.82) is 0 Å². The van der Waals surface area contributed by atoms with E-state index in [4.69, 9.17) is 0 Å². The van der Waals surface area contributed by atoms with E-state index in [1.165, 1.54) is 80.5 Å². The van der Waals surface area contributed by atoms with Gasteiger partial charge in [-0.15, -0.1) is 0 Å². The smallest absolute Gasteiger partial charge is 0.129 e. The normalized spacial score (nSPS) is 31.4. The molecule has 0 aliphatic carbocycles. The van der Waals surface area contributed by atoms with Gasteiger partial charge in [0.15, 0.2) is 0 Å². The fourth-order valence-corrected chi connectivity index (χ4v) is 3.96. The van der Waals surface area contributed by atoms with Crippen molar-refractivity contribution in [1.82, 2.24) is 0 Å². The monoisotopic (exact) mass is 298 g/mol. The summed E-state index contributed by atoms with van der Waals surface area (Å²) in [7, 11) is 0. The average molecular weight is 299 g/mol. The highest BCUT2D eigenvalue weighted by atomic mass is 15.5. The van der Waals surface area contributed by atoms with E-state index in [0.29, 0.717) is 0 Å². The molecule has 0 atom stereocenters. The number of rotatable bonds is 6. The van der Waals surface area contributed by atoms with Crippen LogP contribution in [0, 0.1) is 5.92 Å². The fourth-order valence-electron chi connectivity index (χ4n) is 3.96. The predicted octanol–water partition coefficient (Wildman–Crippen LogP) is 4.30. The maximum Gasteiger partial charge on any atom is 0.129 e. The number of piperazine rings is 3. The summed E-state index contributed by atoms with van der Waals surface area (Å²) in [6, 6.07) is 0.847. The second-order valence-corrected chi connectivity index (χ2v) is 8.20. The van der Waals surface area contributed by atoms with Gasteiger partial charge in [-0.25, -0.2) is 0 Å². The maximum atomic E-state index is 2.40. The lowest BCUT2D eigenvalue weighted by molar-refractivity contribution is -1.09. The maximum absolute atomic E-state index is 2.40. The molecule has 2 heteroatoms. The van der Waals surface area contributed by atoms with Crippen LogP contribution in [0.1, 0.15) is 67.2 Å². The molecule has 0 radical (unpaired) electrons. The van der Waals surface area contributed by atoms with E-state index in [1.54, 1.807) is 0 Å². The summed E-state index contributed by atoms with van der Waals surface area (Å²) in [6.45, 7) is 24.0. The molecule has 3 aliphatic rings. The molecule has 0 aromatic heterocycles. The van der Waals surface area contributed by atoms with Crippen molar-refractivity contribution in [2.75, 3.05) is 45.8 Å². The van der Waals surface area contributed by atoms with Crippen molar-refractivity contribution >= 4 is 0 Å². The lowest BCUT2D eigenvalue weighted by atomic mass is 10.0. The first-order valence-electron chi connectivity index (χ1n) is 9.60. The molecule has 0 saturated carbocycles. The number of quaternary nitrogens is 2. The van der Waals surface area contributed by atoms with E-state index in [1.807, 2.05) is 0 Å². The molecule has 0 spiro atoms. The van der Waals surface area contributed by atoms with E-state index >= 15 is 0 Å².